The largest absolute Gasteiger partial charge is 2.00 e. The van der Waals surface area contributed by atoms with Crippen molar-refractivity contribution < 1.29 is 50.3 Å². The summed E-state index contributed by atoms with van der Waals surface area (Å²) in [5.74, 6) is -3.03. The van der Waals surface area contributed by atoms with Crippen molar-refractivity contribution in [3.05, 3.63) is 11.5 Å². The first-order chi connectivity index (χ1) is 9.42. The molecule has 21 heavy (non-hydrogen) atoms. The third-order valence-electron chi connectivity index (χ3n) is 3.22. The number of hydrogen-bond donors (Lipinski definition) is 2. The number of nitrogens with one attached hydrogen (secondary N) is 2. The zero-order valence-corrected chi connectivity index (χ0v) is 13.7. The average Bonchev–Trinajstić information content (AvgIpc) is 2.96. The van der Waals surface area contributed by atoms with Crippen LogP contribution < -0.4 is 0 Å². The van der Waals surface area contributed by atoms with Crippen LogP contribution in [0.2, 0.25) is 0 Å². The van der Waals surface area contributed by atoms with E-state index in [1.54, 1.807) is 0 Å². The van der Waals surface area contributed by atoms with Crippen LogP contribution in [-0.2, 0) is 40.1 Å². The molecule has 9 heteroatoms. The van der Waals surface area contributed by atoms with Crippen LogP contribution >= 0.6 is 0 Å². The molecular weight excluding hydrogens is 463 g/mol. The summed E-state index contributed by atoms with van der Waals surface area (Å²) in [5.41, 5.74) is 14.6. The number of aliphatic carboxylic acids is 2. The van der Waals surface area contributed by atoms with Gasteiger partial charge in [-0.25, -0.2) is 0 Å². The number of carboxylic acid groups (broad SMARTS) is 2. The van der Waals surface area contributed by atoms with Gasteiger partial charge >= 0.3 is 33.0 Å². The molecule has 1 aliphatic carbocycles. The van der Waals surface area contributed by atoms with Gasteiger partial charge in [0, 0.05) is 12.8 Å². The summed E-state index contributed by atoms with van der Waals surface area (Å²) < 4.78 is 11.5. The molecule has 2 aliphatic rings. The molecule has 1 saturated carbocycles. The van der Waals surface area contributed by atoms with Gasteiger partial charge in [-0.2, -0.15) is 0 Å². The molecule has 0 aromatic carbocycles. The fraction of sp³-hybridized carbons (Fsp3) is 0.833. The smallest absolute Gasteiger partial charge is 0.675 e. The molecule has 0 radical (unpaired) electrons. The molecule has 0 bridgehead atoms. The predicted octanol–water partition coefficient (Wildman–Crippen LogP) is 1.69. The van der Waals surface area contributed by atoms with Gasteiger partial charge in [0.1, 0.15) is 6.42 Å². The van der Waals surface area contributed by atoms with Crippen LogP contribution in [0.1, 0.15) is 32.1 Å². The first-order valence-electron chi connectivity index (χ1n) is 6.51. The Morgan fingerprint density at radius 1 is 1.00 bits per heavy atom. The van der Waals surface area contributed by atoms with Crippen molar-refractivity contribution in [3.63, 3.8) is 0 Å². The zero-order chi connectivity index (χ0) is 15.2. The van der Waals surface area contributed by atoms with Gasteiger partial charge in [0.2, 0.25) is 0 Å². The van der Waals surface area contributed by atoms with E-state index in [4.69, 9.17) is 31.2 Å². The van der Waals surface area contributed by atoms with Crippen LogP contribution in [0, 0.1) is 0 Å². The summed E-state index contributed by atoms with van der Waals surface area (Å²) in [7, 11) is 0. The summed E-state index contributed by atoms with van der Waals surface area (Å²) in [6.45, 7) is 0.427. The molecule has 1 aliphatic heterocycles. The Morgan fingerprint density at radius 3 is 1.62 bits per heavy atom. The maximum Gasteiger partial charge on any atom is 2.00 e. The summed E-state index contributed by atoms with van der Waals surface area (Å²) in [6.07, 6.45) is 3.04. The normalized spacial score (nSPS) is 25.8. The van der Waals surface area contributed by atoms with Crippen LogP contribution in [-0.4, -0.2) is 53.2 Å². The number of carbonyl (C=O) groups is 2. The van der Waals surface area contributed by atoms with Crippen molar-refractivity contribution >= 4 is 11.9 Å². The van der Waals surface area contributed by atoms with Gasteiger partial charge in [0.05, 0.1) is 12.2 Å². The summed E-state index contributed by atoms with van der Waals surface area (Å²) in [4.78, 5) is 18.9. The van der Waals surface area contributed by atoms with Gasteiger partial charge < -0.3 is 31.2 Å². The Bertz CT molecular complexity index is 323. The van der Waals surface area contributed by atoms with Crippen molar-refractivity contribution in [1.29, 1.82) is 0 Å². The van der Waals surface area contributed by atoms with Crippen LogP contribution in [0.15, 0.2) is 0 Å². The molecule has 2 atom stereocenters. The van der Waals surface area contributed by atoms with E-state index >= 15 is 0 Å². The summed E-state index contributed by atoms with van der Waals surface area (Å²) >= 11 is 0. The first kappa shape index (κ1) is 20.5. The third kappa shape index (κ3) is 6.40. The number of hydrogen-bond acceptors (Lipinski definition) is 4. The van der Waals surface area contributed by atoms with Gasteiger partial charge in [-0.1, -0.05) is 0 Å². The Morgan fingerprint density at radius 2 is 1.38 bits per heavy atom. The second-order valence-electron chi connectivity index (χ2n) is 4.80. The van der Waals surface area contributed by atoms with E-state index in [9.17, 15) is 9.59 Å². The SMILES string of the molecule is O=C(O)CC(=O)O.[NH-]CC1OC2(CCCC2)OC1C[NH-].[Pt+2]. The maximum absolute atomic E-state index is 9.43. The van der Waals surface area contributed by atoms with Gasteiger partial charge in [-0.15, -0.1) is 13.1 Å². The topological polar surface area (TPSA) is 141 Å². The van der Waals surface area contributed by atoms with E-state index in [-0.39, 0.29) is 46.4 Å². The number of rotatable bonds is 4. The van der Waals surface area contributed by atoms with E-state index in [1.165, 1.54) is 0 Å². The molecular formula is C12H20N2O6Pt. The quantitative estimate of drug-likeness (QED) is 0.583. The number of carboxylic acids is 2. The molecule has 124 valence electrons. The Kier molecular flexibility index (Phi) is 9.24. The standard InChI is InChI=1S/C9H16N2O2.C3H4O4.Pt/c10-5-7-8(6-11)13-9(12-7)3-1-2-4-9;4-2(5)1-3(6)7;/h7-8,10-11H,1-6H2;1H2,(H,4,5)(H,6,7);/q-2;;+2. The van der Waals surface area contributed by atoms with E-state index in [1.807, 2.05) is 0 Å². The van der Waals surface area contributed by atoms with Crippen LogP contribution in [0.4, 0.5) is 0 Å². The molecule has 2 unspecified atom stereocenters. The van der Waals surface area contributed by atoms with Gasteiger partial charge in [0.15, 0.2) is 5.79 Å². The van der Waals surface area contributed by atoms with E-state index in [2.05, 4.69) is 0 Å². The monoisotopic (exact) mass is 483 g/mol. The maximum atomic E-state index is 9.43. The van der Waals surface area contributed by atoms with E-state index < -0.39 is 24.1 Å². The molecule has 0 aromatic rings. The van der Waals surface area contributed by atoms with Crippen molar-refractivity contribution in [2.45, 2.75) is 50.1 Å². The Hall–Kier alpha value is -0.532. The second-order valence-corrected chi connectivity index (χ2v) is 4.80. The van der Waals surface area contributed by atoms with Crippen molar-refractivity contribution in [2.75, 3.05) is 13.1 Å². The molecule has 1 spiro atoms. The fourth-order valence-corrected chi connectivity index (χ4v) is 2.36. The molecule has 2 rings (SSSR count). The minimum absolute atomic E-state index is 0. The van der Waals surface area contributed by atoms with Crippen LogP contribution in [0.5, 0.6) is 0 Å². The Balaban J connectivity index is 0.000000436. The fourth-order valence-electron chi connectivity index (χ4n) is 2.36. The minimum Gasteiger partial charge on any atom is -0.675 e. The first-order valence-corrected chi connectivity index (χ1v) is 6.51. The zero-order valence-electron chi connectivity index (χ0n) is 11.4. The van der Waals surface area contributed by atoms with Crippen molar-refractivity contribution in [1.82, 2.24) is 0 Å². The number of ether oxygens (including phenoxy) is 2. The molecule has 1 saturated heterocycles. The van der Waals surface area contributed by atoms with Crippen LogP contribution in [0.3, 0.4) is 0 Å². The van der Waals surface area contributed by atoms with E-state index in [0.29, 0.717) is 0 Å². The molecule has 1 heterocycles. The van der Waals surface area contributed by atoms with Crippen molar-refractivity contribution in [3.8, 4) is 0 Å². The summed E-state index contributed by atoms with van der Waals surface area (Å²) in [6, 6.07) is 0. The molecule has 0 amide bonds. The van der Waals surface area contributed by atoms with Gasteiger partial charge in [-0.05, 0) is 12.8 Å². The molecule has 4 N–H and O–H groups in total. The van der Waals surface area contributed by atoms with Gasteiger partial charge in [0.25, 0.3) is 0 Å². The minimum atomic E-state index is -1.31. The van der Waals surface area contributed by atoms with E-state index in [0.717, 1.165) is 25.7 Å². The predicted molar refractivity (Wildman–Crippen MR) is 69.2 cm³/mol. The second kappa shape index (κ2) is 9.48. The molecule has 8 nitrogen and oxygen atoms in total. The third-order valence-corrected chi connectivity index (χ3v) is 3.22. The molecule has 0 aromatic heterocycles. The average molecular weight is 483 g/mol. The molecule has 2 fully saturated rings. The summed E-state index contributed by atoms with van der Waals surface area (Å²) in [5, 5.41) is 15.4. The van der Waals surface area contributed by atoms with Crippen molar-refractivity contribution in [2.24, 2.45) is 0 Å². The Labute approximate surface area is 137 Å². The van der Waals surface area contributed by atoms with Crippen LogP contribution in [0.25, 0.3) is 11.5 Å². The van der Waals surface area contributed by atoms with Gasteiger partial charge in [-0.3, -0.25) is 9.59 Å².